The highest BCUT2D eigenvalue weighted by Gasteiger charge is 2.31. The van der Waals surface area contributed by atoms with Crippen molar-refractivity contribution in [3.05, 3.63) is 82.6 Å². The molecule has 1 heterocycles. The van der Waals surface area contributed by atoms with Gasteiger partial charge in [-0.05, 0) is 73.2 Å². The smallest absolute Gasteiger partial charge is 0.416 e. The molecule has 0 fully saturated rings. The molecule has 1 unspecified atom stereocenters. The quantitative estimate of drug-likeness (QED) is 0.507. The summed E-state index contributed by atoms with van der Waals surface area (Å²) in [5, 5.41) is 9.37. The van der Waals surface area contributed by atoms with Crippen molar-refractivity contribution in [2.75, 3.05) is 0 Å². The fourth-order valence-corrected chi connectivity index (χ4v) is 5.33. The third kappa shape index (κ3) is 4.76. The second-order valence-corrected chi connectivity index (χ2v) is 9.66. The van der Waals surface area contributed by atoms with Crippen LogP contribution in [0, 0.1) is 5.82 Å². The zero-order chi connectivity index (χ0) is 25.5. The van der Waals surface area contributed by atoms with Crippen LogP contribution < -0.4 is 15.3 Å². The average Bonchev–Trinajstić information content (AvgIpc) is 3.08. The number of aliphatic carboxylic acids is 1. The van der Waals surface area contributed by atoms with Gasteiger partial charge in [-0.1, -0.05) is 0 Å². The zero-order valence-corrected chi connectivity index (χ0v) is 18.8. The maximum absolute atomic E-state index is 14.9. The number of hydrogen-bond donors (Lipinski definition) is 1. The Bertz CT molecular complexity index is 1530. The fraction of sp³-hybridized carbons (Fsp3) is 0.167. The Hall–Kier alpha value is -3.73. The predicted molar refractivity (Wildman–Crippen MR) is 116 cm³/mol. The summed E-state index contributed by atoms with van der Waals surface area (Å²) in [5.74, 6) is -2.00. The van der Waals surface area contributed by atoms with Crippen molar-refractivity contribution in [3.63, 3.8) is 0 Å². The highest BCUT2D eigenvalue weighted by Crippen LogP contribution is 2.32. The Morgan fingerprint density at radius 2 is 1.57 bits per heavy atom. The maximum atomic E-state index is 14.9. The number of rotatable bonds is 6. The maximum Gasteiger partial charge on any atom is 0.416 e. The van der Waals surface area contributed by atoms with Crippen LogP contribution in [-0.2, 0) is 20.8 Å². The van der Waals surface area contributed by atoms with Crippen LogP contribution in [0.15, 0.2) is 75.4 Å². The van der Waals surface area contributed by atoms with Gasteiger partial charge in [-0.15, -0.1) is 0 Å². The van der Waals surface area contributed by atoms with Gasteiger partial charge in [0.2, 0.25) is 9.84 Å². The molecule has 0 aromatic heterocycles. The lowest BCUT2D eigenvalue weighted by Gasteiger charge is -2.11. The van der Waals surface area contributed by atoms with Gasteiger partial charge in [-0.25, -0.2) is 12.8 Å². The largest absolute Gasteiger partial charge is 0.481 e. The number of nitrogens with zero attached hydrogens (tertiary/aromatic N) is 1. The SMILES string of the molecule is CC1N=c2ccc(F)c(S(=O)(=O)c3ccc(Oc4ccc(C(F)(F)F)cc4)cc3)c2=C1CC(=O)O. The van der Waals surface area contributed by atoms with Crippen molar-refractivity contribution in [1.29, 1.82) is 0 Å². The molecule has 35 heavy (non-hydrogen) atoms. The van der Waals surface area contributed by atoms with Crippen molar-refractivity contribution in [2.45, 2.75) is 35.4 Å². The molecule has 1 aliphatic heterocycles. The van der Waals surface area contributed by atoms with Crippen LogP contribution in [0.25, 0.3) is 5.57 Å². The Balaban J connectivity index is 1.70. The van der Waals surface area contributed by atoms with Gasteiger partial charge in [0.1, 0.15) is 22.2 Å². The van der Waals surface area contributed by atoms with Crippen LogP contribution in [0.5, 0.6) is 11.5 Å². The third-order valence-corrected chi connectivity index (χ3v) is 7.24. The number of carboxylic acid groups (broad SMARTS) is 1. The number of fused-ring (bicyclic) bond motifs is 1. The zero-order valence-electron chi connectivity index (χ0n) is 18.0. The molecule has 1 atom stereocenters. The molecule has 0 bridgehead atoms. The van der Waals surface area contributed by atoms with Gasteiger partial charge in [0.25, 0.3) is 0 Å². The molecule has 0 amide bonds. The van der Waals surface area contributed by atoms with Crippen molar-refractivity contribution in [3.8, 4) is 11.5 Å². The topological polar surface area (TPSA) is 93.0 Å². The molecule has 4 rings (SSSR count). The Kier molecular flexibility index (Phi) is 6.14. The van der Waals surface area contributed by atoms with E-state index in [0.717, 1.165) is 30.3 Å². The molecule has 0 radical (unpaired) electrons. The van der Waals surface area contributed by atoms with Gasteiger partial charge >= 0.3 is 12.1 Å². The van der Waals surface area contributed by atoms with Crippen molar-refractivity contribution < 1.29 is 40.6 Å². The molecule has 0 aliphatic carbocycles. The number of halogens is 4. The van der Waals surface area contributed by atoms with Gasteiger partial charge < -0.3 is 9.84 Å². The van der Waals surface area contributed by atoms with Crippen molar-refractivity contribution >= 4 is 21.4 Å². The summed E-state index contributed by atoms with van der Waals surface area (Å²) >= 11 is 0. The lowest BCUT2D eigenvalue weighted by molar-refractivity contribution is -0.138. The number of hydrogen-bond acceptors (Lipinski definition) is 5. The standard InChI is InChI=1S/C24H17F4NO5S/c1-13-18(12-21(30)31)22-20(29-13)11-10-19(25)23(22)35(32,33)17-8-6-16(7-9-17)34-15-4-2-14(3-5-15)24(26,27)28/h2-11,13H,12H2,1H3,(H,30,31). The summed E-state index contributed by atoms with van der Waals surface area (Å²) < 4.78 is 85.2. The molecular weight excluding hydrogens is 490 g/mol. The molecule has 182 valence electrons. The van der Waals surface area contributed by atoms with Gasteiger partial charge in [0.05, 0.1) is 28.3 Å². The monoisotopic (exact) mass is 507 g/mol. The molecule has 6 nitrogen and oxygen atoms in total. The summed E-state index contributed by atoms with van der Waals surface area (Å²) in [5.41, 5.74) is -0.656. The van der Waals surface area contributed by atoms with E-state index < -0.39 is 50.7 Å². The Labute approximate surface area is 196 Å². The van der Waals surface area contributed by atoms with E-state index in [9.17, 15) is 35.9 Å². The molecule has 0 saturated carbocycles. The molecule has 11 heteroatoms. The number of carbonyl (C=O) groups is 1. The van der Waals surface area contributed by atoms with E-state index in [1.807, 2.05) is 0 Å². The highest BCUT2D eigenvalue weighted by molar-refractivity contribution is 7.91. The van der Waals surface area contributed by atoms with Crippen molar-refractivity contribution in [1.82, 2.24) is 0 Å². The summed E-state index contributed by atoms with van der Waals surface area (Å²) in [4.78, 5) is 14.6. The Morgan fingerprint density at radius 1 is 1.00 bits per heavy atom. The highest BCUT2D eigenvalue weighted by atomic mass is 32.2. The number of carboxylic acids is 1. The molecule has 0 spiro atoms. The van der Waals surface area contributed by atoms with Gasteiger partial charge in [0.15, 0.2) is 0 Å². The number of ether oxygens (including phenoxy) is 1. The molecular formula is C24H17F4NO5S. The summed E-state index contributed by atoms with van der Waals surface area (Å²) in [6.45, 7) is 1.60. The minimum Gasteiger partial charge on any atom is -0.481 e. The second-order valence-electron chi connectivity index (χ2n) is 7.77. The number of alkyl halides is 3. The summed E-state index contributed by atoms with van der Waals surface area (Å²) in [7, 11) is -4.43. The van der Waals surface area contributed by atoms with Gasteiger partial charge in [-0.3, -0.25) is 9.79 Å². The number of benzene rings is 3. The van der Waals surface area contributed by atoms with E-state index in [1.165, 1.54) is 30.3 Å². The van der Waals surface area contributed by atoms with Crippen LogP contribution in [0.2, 0.25) is 0 Å². The lowest BCUT2D eigenvalue weighted by atomic mass is 10.0. The summed E-state index contributed by atoms with van der Waals surface area (Å²) in [6.07, 6.45) is -4.99. The third-order valence-electron chi connectivity index (χ3n) is 5.41. The van der Waals surface area contributed by atoms with E-state index in [1.54, 1.807) is 6.92 Å². The molecule has 1 N–H and O–H groups in total. The van der Waals surface area contributed by atoms with E-state index in [-0.39, 0.29) is 32.5 Å². The molecule has 3 aromatic carbocycles. The first-order chi connectivity index (χ1) is 16.4. The van der Waals surface area contributed by atoms with Gasteiger partial charge in [-0.2, -0.15) is 13.2 Å². The van der Waals surface area contributed by atoms with Gasteiger partial charge in [0, 0.05) is 5.22 Å². The predicted octanol–water partition coefficient (Wildman–Crippen LogP) is 4.12. The van der Waals surface area contributed by atoms with Crippen molar-refractivity contribution in [2.24, 2.45) is 4.99 Å². The van der Waals surface area contributed by atoms with Crippen LogP contribution in [0.4, 0.5) is 17.6 Å². The minimum atomic E-state index is -4.49. The number of sulfone groups is 1. The normalized spacial score (nSPS) is 15.5. The summed E-state index contributed by atoms with van der Waals surface area (Å²) in [6, 6.07) is 10.5. The van der Waals surface area contributed by atoms with Crippen LogP contribution in [0.3, 0.4) is 0 Å². The first-order valence-electron chi connectivity index (χ1n) is 10.2. The average molecular weight is 507 g/mol. The fourth-order valence-electron chi connectivity index (χ4n) is 3.77. The van der Waals surface area contributed by atoms with E-state index in [4.69, 9.17) is 4.74 Å². The molecule has 1 aliphatic rings. The van der Waals surface area contributed by atoms with E-state index in [2.05, 4.69) is 4.99 Å². The first kappa shape index (κ1) is 24.4. The lowest BCUT2D eigenvalue weighted by Crippen LogP contribution is -2.32. The van der Waals surface area contributed by atoms with Crippen LogP contribution >= 0.6 is 0 Å². The second kappa shape index (κ2) is 8.81. The minimum absolute atomic E-state index is 0.0509. The molecule has 0 saturated heterocycles. The van der Waals surface area contributed by atoms with E-state index in [0.29, 0.717) is 0 Å². The molecule has 3 aromatic rings. The van der Waals surface area contributed by atoms with E-state index >= 15 is 0 Å². The first-order valence-corrected chi connectivity index (χ1v) is 11.7. The van der Waals surface area contributed by atoms with Crippen LogP contribution in [0.1, 0.15) is 18.9 Å². The Morgan fingerprint density at radius 3 is 2.11 bits per heavy atom. The van der Waals surface area contributed by atoms with Crippen LogP contribution in [-0.4, -0.2) is 25.5 Å².